The quantitative estimate of drug-likeness (QED) is 0.254. The van der Waals surface area contributed by atoms with Gasteiger partial charge in [0.15, 0.2) is 17.4 Å². The molecule has 12 heteroatoms. The summed E-state index contributed by atoms with van der Waals surface area (Å²) in [6.07, 6.45) is -4.88. The van der Waals surface area contributed by atoms with E-state index in [1.54, 1.807) is 48.5 Å². The zero-order chi connectivity index (χ0) is 28.2. The highest BCUT2D eigenvalue weighted by molar-refractivity contribution is 7.87. The van der Waals surface area contributed by atoms with Gasteiger partial charge in [0.25, 0.3) is 20.2 Å². The van der Waals surface area contributed by atoms with E-state index in [1.807, 2.05) is 19.9 Å². The molecule has 0 aliphatic carbocycles. The van der Waals surface area contributed by atoms with Gasteiger partial charge in [-0.25, -0.2) is 0 Å². The molecular formula is C27H28O9S3. The minimum atomic E-state index is -4.33. The Morgan fingerprint density at radius 1 is 0.795 bits per heavy atom. The largest absolute Gasteiger partial charge is 0.471 e. The van der Waals surface area contributed by atoms with Gasteiger partial charge < -0.3 is 14.2 Å². The summed E-state index contributed by atoms with van der Waals surface area (Å²) in [4.78, 5) is -0.150. The van der Waals surface area contributed by atoms with E-state index < -0.39 is 51.4 Å². The number of rotatable bonds is 10. The summed E-state index contributed by atoms with van der Waals surface area (Å²) < 4.78 is 80.2. The third kappa shape index (κ3) is 7.09. The van der Waals surface area contributed by atoms with Crippen LogP contribution in [0.2, 0.25) is 0 Å². The van der Waals surface area contributed by atoms with E-state index in [0.29, 0.717) is 5.56 Å². The lowest BCUT2D eigenvalue weighted by molar-refractivity contribution is -0.148. The van der Waals surface area contributed by atoms with E-state index in [0.717, 1.165) is 11.1 Å². The topological polar surface area (TPSA) is 114 Å². The summed E-state index contributed by atoms with van der Waals surface area (Å²) in [6.45, 7) is 3.08. The molecule has 0 saturated carbocycles. The average molecular weight is 593 g/mol. The molecule has 0 amide bonds. The highest BCUT2D eigenvalue weighted by atomic mass is 32.2. The van der Waals surface area contributed by atoms with Crippen LogP contribution in [0.5, 0.6) is 0 Å². The van der Waals surface area contributed by atoms with Crippen LogP contribution in [0.25, 0.3) is 0 Å². The third-order valence-electron chi connectivity index (χ3n) is 6.00. The fourth-order valence-electron chi connectivity index (χ4n) is 3.86. The summed E-state index contributed by atoms with van der Waals surface area (Å²) in [6, 6.07) is 21.0. The normalized spacial score (nSPS) is 21.5. The van der Waals surface area contributed by atoms with Crippen LogP contribution < -0.4 is 0 Å². The number of aryl methyl sites for hydroxylation is 2. The van der Waals surface area contributed by atoms with Gasteiger partial charge in [0.2, 0.25) is 0 Å². The molecule has 1 aliphatic rings. The molecule has 1 aliphatic heterocycles. The standard InChI is InChI=1S/C27H28O9S3/c1-18-9-13-21(14-10-18)38(28,29)33-17-23-24(36-39(30,31)22-15-11-19(2)12-16-22)25(26(32-3)34-23)35-27(37)20-7-5-4-6-8-20/h4-16,23-26H,17H2,1-3H3. The molecule has 0 bridgehead atoms. The van der Waals surface area contributed by atoms with Crippen molar-refractivity contribution < 1.29 is 39.4 Å². The molecule has 9 nitrogen and oxygen atoms in total. The Hall–Kier alpha value is -2.71. The lowest BCUT2D eigenvalue weighted by Crippen LogP contribution is -2.42. The summed E-state index contributed by atoms with van der Waals surface area (Å²) >= 11 is 5.43. The van der Waals surface area contributed by atoms with Crippen molar-refractivity contribution in [1.29, 1.82) is 0 Å². The predicted molar refractivity (Wildman–Crippen MR) is 146 cm³/mol. The number of methoxy groups -OCH3 is 1. The van der Waals surface area contributed by atoms with E-state index in [4.69, 9.17) is 34.8 Å². The molecular weight excluding hydrogens is 564 g/mol. The maximum atomic E-state index is 13.2. The van der Waals surface area contributed by atoms with E-state index in [2.05, 4.69) is 0 Å². The van der Waals surface area contributed by atoms with Gasteiger partial charge in [-0.3, -0.25) is 8.37 Å². The minimum Gasteiger partial charge on any atom is -0.471 e. The predicted octanol–water partition coefficient (Wildman–Crippen LogP) is 3.92. The Kier molecular flexibility index (Phi) is 9.17. The van der Waals surface area contributed by atoms with Crippen LogP contribution in [0, 0.1) is 13.8 Å². The van der Waals surface area contributed by atoms with Crippen molar-refractivity contribution in [3.05, 3.63) is 95.6 Å². The molecule has 208 valence electrons. The van der Waals surface area contributed by atoms with Gasteiger partial charge in [0.05, 0.1) is 16.4 Å². The minimum absolute atomic E-state index is 0.0569. The lowest BCUT2D eigenvalue weighted by Gasteiger charge is -2.24. The van der Waals surface area contributed by atoms with Gasteiger partial charge in [-0.2, -0.15) is 16.8 Å². The van der Waals surface area contributed by atoms with Crippen molar-refractivity contribution in [2.75, 3.05) is 13.7 Å². The molecule has 4 unspecified atom stereocenters. The molecule has 4 atom stereocenters. The van der Waals surface area contributed by atoms with Gasteiger partial charge in [-0.15, -0.1) is 0 Å². The van der Waals surface area contributed by atoms with Crippen molar-refractivity contribution in [3.8, 4) is 0 Å². The fourth-order valence-corrected chi connectivity index (χ4v) is 6.13. The van der Waals surface area contributed by atoms with Crippen LogP contribution in [0.4, 0.5) is 0 Å². The summed E-state index contributed by atoms with van der Waals surface area (Å²) in [5, 5.41) is 0.0569. The first kappa shape index (κ1) is 29.3. The second kappa shape index (κ2) is 12.2. The number of hydrogen-bond donors (Lipinski definition) is 0. The van der Waals surface area contributed by atoms with Crippen LogP contribution in [0.15, 0.2) is 88.7 Å². The van der Waals surface area contributed by atoms with Crippen LogP contribution in [-0.2, 0) is 42.8 Å². The average Bonchev–Trinajstić information content (AvgIpc) is 3.23. The van der Waals surface area contributed by atoms with E-state index in [9.17, 15) is 16.8 Å². The first-order valence-corrected chi connectivity index (χ1v) is 15.1. The molecule has 0 spiro atoms. The van der Waals surface area contributed by atoms with Crippen LogP contribution in [0.1, 0.15) is 16.7 Å². The van der Waals surface area contributed by atoms with E-state index >= 15 is 0 Å². The van der Waals surface area contributed by atoms with Crippen molar-refractivity contribution in [2.24, 2.45) is 0 Å². The zero-order valence-corrected chi connectivity index (χ0v) is 23.9. The highest BCUT2D eigenvalue weighted by Crippen LogP contribution is 2.32. The molecule has 39 heavy (non-hydrogen) atoms. The van der Waals surface area contributed by atoms with Gasteiger partial charge in [0.1, 0.15) is 12.2 Å². The van der Waals surface area contributed by atoms with Gasteiger partial charge in [-0.1, -0.05) is 65.7 Å². The summed E-state index contributed by atoms with van der Waals surface area (Å²) in [5.41, 5.74) is 2.31. The maximum absolute atomic E-state index is 13.2. The van der Waals surface area contributed by atoms with Crippen molar-refractivity contribution in [3.63, 3.8) is 0 Å². The Morgan fingerprint density at radius 2 is 1.33 bits per heavy atom. The van der Waals surface area contributed by atoms with Crippen molar-refractivity contribution in [2.45, 2.75) is 48.2 Å². The highest BCUT2D eigenvalue weighted by Gasteiger charge is 2.51. The second-order valence-corrected chi connectivity index (χ2v) is 12.5. The fraction of sp³-hybridized carbons (Fsp3) is 0.296. The second-order valence-electron chi connectivity index (χ2n) is 8.89. The Morgan fingerprint density at radius 3 is 1.87 bits per heavy atom. The van der Waals surface area contributed by atoms with Crippen molar-refractivity contribution >= 4 is 37.5 Å². The summed E-state index contributed by atoms with van der Waals surface area (Å²) in [5.74, 6) is 0. The summed E-state index contributed by atoms with van der Waals surface area (Å²) in [7, 11) is -7.18. The molecule has 0 N–H and O–H groups in total. The number of ether oxygens (including phenoxy) is 3. The van der Waals surface area contributed by atoms with Crippen LogP contribution in [-0.4, -0.2) is 60.2 Å². The first-order valence-electron chi connectivity index (χ1n) is 11.9. The van der Waals surface area contributed by atoms with Crippen molar-refractivity contribution in [1.82, 2.24) is 0 Å². The maximum Gasteiger partial charge on any atom is 0.297 e. The molecule has 0 radical (unpaired) electrons. The van der Waals surface area contributed by atoms with E-state index in [1.165, 1.54) is 31.4 Å². The zero-order valence-electron chi connectivity index (χ0n) is 21.4. The molecule has 1 saturated heterocycles. The molecule has 1 heterocycles. The SMILES string of the molecule is COC1OC(COS(=O)(=O)c2ccc(C)cc2)C(OS(=O)(=O)c2ccc(C)cc2)C1OC(=S)c1ccccc1. The molecule has 0 aromatic heterocycles. The molecule has 3 aromatic carbocycles. The number of hydrogen-bond acceptors (Lipinski definition) is 10. The third-order valence-corrected chi connectivity index (χ3v) is 8.95. The van der Waals surface area contributed by atoms with Gasteiger partial charge in [-0.05, 0) is 50.3 Å². The number of benzene rings is 3. The lowest BCUT2D eigenvalue weighted by atomic mass is 10.1. The first-order chi connectivity index (χ1) is 18.5. The van der Waals surface area contributed by atoms with Gasteiger partial charge >= 0.3 is 0 Å². The molecule has 4 rings (SSSR count). The number of thiocarbonyl (C=S) groups is 1. The Bertz CT molecular complexity index is 1490. The monoisotopic (exact) mass is 592 g/mol. The van der Waals surface area contributed by atoms with E-state index in [-0.39, 0.29) is 14.8 Å². The Balaban J connectivity index is 1.62. The van der Waals surface area contributed by atoms with Crippen LogP contribution in [0.3, 0.4) is 0 Å². The molecule has 3 aromatic rings. The molecule has 1 fully saturated rings. The van der Waals surface area contributed by atoms with Gasteiger partial charge in [0, 0.05) is 12.7 Å². The smallest absolute Gasteiger partial charge is 0.297 e. The van der Waals surface area contributed by atoms with Crippen LogP contribution >= 0.6 is 12.2 Å². The Labute approximate surface area is 233 Å².